The molecular weight excluding hydrogens is 510 g/mol. The standard InChI is InChI=1S/C29H22F6O3/c1-38-19-13-10-17(11-14-19)21-16-25(37)27(26(21)20-7-3-5-9-23(20)29(33,34)35)24(36)15-12-18-6-2-4-8-22(18)28(30,31)32/h2-15,21,26,36H,16H2,1H3/b15-12+,27-24+/t21-,26-/m1/s1. The summed E-state index contributed by atoms with van der Waals surface area (Å²) in [6.07, 6.45) is -7.69. The summed E-state index contributed by atoms with van der Waals surface area (Å²) in [5.74, 6) is -2.74. The topological polar surface area (TPSA) is 46.5 Å². The fourth-order valence-electron chi connectivity index (χ4n) is 4.82. The van der Waals surface area contributed by atoms with Crippen molar-refractivity contribution in [2.75, 3.05) is 7.11 Å². The van der Waals surface area contributed by atoms with Crippen molar-refractivity contribution in [3.05, 3.63) is 118 Å². The van der Waals surface area contributed by atoms with E-state index in [1.54, 1.807) is 24.3 Å². The number of allylic oxidation sites excluding steroid dienone is 2. The second kappa shape index (κ2) is 10.4. The summed E-state index contributed by atoms with van der Waals surface area (Å²) in [6, 6.07) is 15.9. The van der Waals surface area contributed by atoms with E-state index in [0.29, 0.717) is 11.3 Å². The van der Waals surface area contributed by atoms with E-state index >= 15 is 0 Å². The monoisotopic (exact) mass is 532 g/mol. The summed E-state index contributed by atoms with van der Waals surface area (Å²) < 4.78 is 87.3. The van der Waals surface area contributed by atoms with E-state index in [9.17, 15) is 36.2 Å². The van der Waals surface area contributed by atoms with Crippen molar-refractivity contribution < 1.29 is 41.0 Å². The number of aliphatic hydroxyl groups excluding tert-OH is 1. The Hall–Kier alpha value is -4.01. The van der Waals surface area contributed by atoms with Crippen LogP contribution in [0.5, 0.6) is 5.75 Å². The van der Waals surface area contributed by atoms with Crippen molar-refractivity contribution >= 4 is 11.9 Å². The third kappa shape index (κ3) is 5.46. The highest BCUT2D eigenvalue weighted by Crippen LogP contribution is 2.51. The molecule has 1 N–H and O–H groups in total. The van der Waals surface area contributed by atoms with Crippen LogP contribution < -0.4 is 4.74 Å². The molecule has 0 aliphatic heterocycles. The number of ketones is 1. The molecule has 1 fully saturated rings. The van der Waals surface area contributed by atoms with Crippen molar-refractivity contribution in [2.24, 2.45) is 0 Å². The first-order valence-electron chi connectivity index (χ1n) is 11.5. The molecule has 3 nitrogen and oxygen atoms in total. The van der Waals surface area contributed by atoms with Crippen LogP contribution in [0.25, 0.3) is 6.08 Å². The molecule has 1 saturated carbocycles. The highest BCUT2D eigenvalue weighted by atomic mass is 19.4. The summed E-state index contributed by atoms with van der Waals surface area (Å²) >= 11 is 0. The van der Waals surface area contributed by atoms with Crippen LogP contribution in [-0.2, 0) is 17.1 Å². The number of alkyl halides is 6. The maximum atomic E-state index is 14.0. The van der Waals surface area contributed by atoms with Crippen LogP contribution in [0.4, 0.5) is 26.3 Å². The van der Waals surface area contributed by atoms with Crippen LogP contribution in [0.15, 0.2) is 90.2 Å². The van der Waals surface area contributed by atoms with Gasteiger partial charge in [0.25, 0.3) is 0 Å². The van der Waals surface area contributed by atoms with Crippen LogP contribution in [0.3, 0.4) is 0 Å². The molecule has 0 radical (unpaired) electrons. The summed E-state index contributed by atoms with van der Waals surface area (Å²) in [7, 11) is 1.46. The molecule has 2 atom stereocenters. The molecule has 3 aromatic carbocycles. The fraction of sp³-hybridized carbons (Fsp3) is 0.207. The Morgan fingerprint density at radius 1 is 0.868 bits per heavy atom. The van der Waals surface area contributed by atoms with E-state index in [-0.39, 0.29) is 23.1 Å². The maximum Gasteiger partial charge on any atom is 0.416 e. The largest absolute Gasteiger partial charge is 0.508 e. The molecule has 0 saturated heterocycles. The number of methoxy groups -OCH3 is 1. The van der Waals surface area contributed by atoms with E-state index in [4.69, 9.17) is 4.74 Å². The zero-order chi connectivity index (χ0) is 27.7. The highest BCUT2D eigenvalue weighted by Gasteiger charge is 2.45. The second-order valence-corrected chi connectivity index (χ2v) is 8.79. The number of carbonyl (C=O) groups excluding carboxylic acids is 1. The molecule has 198 valence electrons. The van der Waals surface area contributed by atoms with E-state index in [0.717, 1.165) is 24.3 Å². The predicted molar refractivity (Wildman–Crippen MR) is 130 cm³/mol. The molecule has 0 heterocycles. The number of aliphatic hydroxyl groups is 1. The van der Waals surface area contributed by atoms with Gasteiger partial charge in [-0.05, 0) is 47.0 Å². The minimum absolute atomic E-state index is 0.199. The summed E-state index contributed by atoms with van der Waals surface area (Å²) in [4.78, 5) is 13.2. The number of carbonyl (C=O) groups is 1. The van der Waals surface area contributed by atoms with Gasteiger partial charge < -0.3 is 9.84 Å². The first kappa shape index (κ1) is 27.0. The molecule has 0 unspecified atom stereocenters. The smallest absolute Gasteiger partial charge is 0.416 e. The number of rotatable bonds is 5. The summed E-state index contributed by atoms with van der Waals surface area (Å²) in [5.41, 5.74) is -2.13. The lowest BCUT2D eigenvalue weighted by molar-refractivity contribution is -0.138. The van der Waals surface area contributed by atoms with Gasteiger partial charge in [0.2, 0.25) is 0 Å². The van der Waals surface area contributed by atoms with Crippen molar-refractivity contribution in [1.82, 2.24) is 0 Å². The van der Waals surface area contributed by atoms with Gasteiger partial charge in [-0.25, -0.2) is 0 Å². The first-order valence-corrected chi connectivity index (χ1v) is 11.5. The van der Waals surface area contributed by atoms with Crippen LogP contribution in [0.2, 0.25) is 0 Å². The third-order valence-electron chi connectivity index (χ3n) is 6.53. The average Bonchev–Trinajstić information content (AvgIpc) is 3.23. The van der Waals surface area contributed by atoms with Gasteiger partial charge in [0.15, 0.2) is 5.78 Å². The zero-order valence-electron chi connectivity index (χ0n) is 20.0. The Labute approximate surface area is 214 Å². The number of halogens is 6. The van der Waals surface area contributed by atoms with E-state index < -0.39 is 46.9 Å². The van der Waals surface area contributed by atoms with Gasteiger partial charge in [-0.1, -0.05) is 54.6 Å². The molecule has 9 heteroatoms. The molecule has 0 aromatic heterocycles. The van der Waals surface area contributed by atoms with E-state index in [2.05, 4.69) is 0 Å². The maximum absolute atomic E-state index is 14.0. The lowest BCUT2D eigenvalue weighted by Gasteiger charge is -2.24. The molecule has 3 aromatic rings. The lowest BCUT2D eigenvalue weighted by atomic mass is 9.80. The van der Waals surface area contributed by atoms with E-state index in [1.165, 1.54) is 43.5 Å². The van der Waals surface area contributed by atoms with Crippen LogP contribution in [-0.4, -0.2) is 18.0 Å². The minimum atomic E-state index is -4.74. The molecule has 0 amide bonds. The number of hydrogen-bond donors (Lipinski definition) is 1. The van der Waals surface area contributed by atoms with Crippen molar-refractivity contribution in [3.8, 4) is 5.75 Å². The predicted octanol–water partition coefficient (Wildman–Crippen LogP) is 8.10. The Bertz CT molecular complexity index is 1380. The van der Waals surface area contributed by atoms with Crippen LogP contribution >= 0.6 is 0 Å². The molecular formula is C29H22F6O3. The Morgan fingerprint density at radius 2 is 1.45 bits per heavy atom. The molecule has 0 bridgehead atoms. The quantitative estimate of drug-likeness (QED) is 0.205. The van der Waals surface area contributed by atoms with Gasteiger partial charge in [-0.2, -0.15) is 26.3 Å². The Balaban J connectivity index is 1.87. The van der Waals surface area contributed by atoms with Crippen molar-refractivity contribution in [3.63, 3.8) is 0 Å². The molecule has 38 heavy (non-hydrogen) atoms. The molecule has 0 spiro atoms. The van der Waals surface area contributed by atoms with Crippen molar-refractivity contribution in [1.29, 1.82) is 0 Å². The number of benzene rings is 3. The van der Waals surface area contributed by atoms with Crippen molar-refractivity contribution in [2.45, 2.75) is 30.6 Å². The number of Topliss-reactive ketones (excluding diaryl/α,β-unsaturated/α-hetero) is 1. The lowest BCUT2D eigenvalue weighted by Crippen LogP contribution is -2.16. The summed E-state index contributed by atoms with van der Waals surface area (Å²) in [6.45, 7) is 0. The van der Waals surface area contributed by atoms with Gasteiger partial charge in [0.05, 0.1) is 18.2 Å². The Morgan fingerprint density at radius 3 is 2.05 bits per heavy atom. The molecule has 4 rings (SSSR count). The van der Waals surface area contributed by atoms with E-state index in [1.807, 2.05) is 0 Å². The Kier molecular flexibility index (Phi) is 7.40. The normalized spacial score (nSPS) is 19.7. The number of ether oxygens (including phenoxy) is 1. The second-order valence-electron chi connectivity index (χ2n) is 8.79. The highest BCUT2D eigenvalue weighted by molar-refractivity contribution is 6.01. The fourth-order valence-corrected chi connectivity index (χ4v) is 4.82. The van der Waals surface area contributed by atoms with Gasteiger partial charge >= 0.3 is 12.4 Å². The van der Waals surface area contributed by atoms with Crippen LogP contribution in [0.1, 0.15) is 46.1 Å². The molecule has 1 aliphatic carbocycles. The average molecular weight is 532 g/mol. The first-order chi connectivity index (χ1) is 17.9. The van der Waals surface area contributed by atoms with Gasteiger partial charge in [0, 0.05) is 23.8 Å². The van der Waals surface area contributed by atoms with Gasteiger partial charge in [-0.15, -0.1) is 0 Å². The molecule has 1 aliphatic rings. The van der Waals surface area contributed by atoms with Gasteiger partial charge in [0.1, 0.15) is 11.5 Å². The minimum Gasteiger partial charge on any atom is -0.508 e. The zero-order valence-corrected chi connectivity index (χ0v) is 20.0. The van der Waals surface area contributed by atoms with Crippen LogP contribution in [0, 0.1) is 0 Å². The van der Waals surface area contributed by atoms with Gasteiger partial charge in [-0.3, -0.25) is 4.79 Å². The number of hydrogen-bond acceptors (Lipinski definition) is 3. The SMILES string of the molecule is COc1ccc([C@H]2CC(=O)/C(=C(O)/C=C/c3ccccc3C(F)(F)F)[C@@H]2c2ccccc2C(F)(F)F)cc1. The third-order valence-corrected chi connectivity index (χ3v) is 6.53. The summed E-state index contributed by atoms with van der Waals surface area (Å²) in [5, 5.41) is 10.9.